The first-order chi connectivity index (χ1) is 11.3. The predicted molar refractivity (Wildman–Crippen MR) is 87.2 cm³/mol. The number of anilines is 1. The van der Waals surface area contributed by atoms with E-state index in [4.69, 9.17) is 16.9 Å². The molecule has 0 fully saturated rings. The lowest BCUT2D eigenvalue weighted by Gasteiger charge is -2.17. The molecule has 2 rings (SSSR count). The monoisotopic (exact) mass is 343 g/mol. The second-order valence-electron chi connectivity index (χ2n) is 4.79. The molecule has 120 valence electrons. The van der Waals surface area contributed by atoms with E-state index in [1.807, 2.05) is 6.07 Å². The van der Waals surface area contributed by atoms with Crippen LogP contribution >= 0.6 is 11.6 Å². The van der Waals surface area contributed by atoms with E-state index in [0.717, 1.165) is 11.0 Å². The molecule has 0 aromatic heterocycles. The lowest BCUT2D eigenvalue weighted by molar-refractivity contribution is -0.384. The molecule has 0 saturated heterocycles. The highest BCUT2D eigenvalue weighted by molar-refractivity contribution is 6.67. The van der Waals surface area contributed by atoms with Crippen LogP contribution in [0, 0.1) is 21.4 Å². The molecule has 2 aromatic rings. The van der Waals surface area contributed by atoms with Crippen molar-refractivity contribution in [3.8, 4) is 6.07 Å². The minimum atomic E-state index is -0.828. The van der Waals surface area contributed by atoms with Crippen LogP contribution in [0.2, 0.25) is 0 Å². The first-order valence-corrected chi connectivity index (χ1v) is 6.99. The lowest BCUT2D eigenvalue weighted by Crippen LogP contribution is -2.27. The highest BCUT2D eigenvalue weighted by atomic mass is 35.5. The van der Waals surface area contributed by atoms with Crippen LogP contribution in [0.1, 0.15) is 26.3 Å². The summed E-state index contributed by atoms with van der Waals surface area (Å²) in [7, 11) is 1.38. The van der Waals surface area contributed by atoms with Crippen LogP contribution in [0.15, 0.2) is 42.5 Å². The van der Waals surface area contributed by atoms with Crippen LogP contribution in [-0.2, 0) is 0 Å². The Labute approximate surface area is 141 Å². The Morgan fingerprint density at radius 1 is 1.17 bits per heavy atom. The number of carbonyl (C=O) groups is 2. The average molecular weight is 344 g/mol. The first kappa shape index (κ1) is 17.1. The quantitative estimate of drug-likeness (QED) is 0.482. The smallest absolute Gasteiger partial charge is 0.293 e. The third kappa shape index (κ3) is 3.39. The molecule has 0 radical (unpaired) electrons. The van der Waals surface area contributed by atoms with Crippen molar-refractivity contribution in [3.05, 3.63) is 69.3 Å². The number of benzene rings is 2. The first-order valence-electron chi connectivity index (χ1n) is 6.61. The van der Waals surface area contributed by atoms with Crippen LogP contribution in [0.4, 0.5) is 11.4 Å². The van der Waals surface area contributed by atoms with Crippen LogP contribution in [0.3, 0.4) is 0 Å². The van der Waals surface area contributed by atoms with Crippen LogP contribution < -0.4 is 4.90 Å². The molecule has 0 saturated carbocycles. The molecule has 24 heavy (non-hydrogen) atoms. The minimum absolute atomic E-state index is 0.0241. The number of carbonyl (C=O) groups excluding carboxylic acids is 2. The molecule has 0 spiro atoms. The van der Waals surface area contributed by atoms with Gasteiger partial charge in [-0.15, -0.1) is 0 Å². The topological polar surface area (TPSA) is 104 Å². The summed E-state index contributed by atoms with van der Waals surface area (Å²) in [5, 5.41) is 19.2. The Morgan fingerprint density at radius 3 is 2.25 bits per heavy atom. The fraction of sp³-hybridized carbons (Fsp3) is 0.0625. The lowest BCUT2D eigenvalue weighted by atomic mass is 10.1. The molecule has 0 N–H and O–H groups in total. The van der Waals surface area contributed by atoms with Gasteiger partial charge in [0.15, 0.2) is 0 Å². The van der Waals surface area contributed by atoms with Crippen molar-refractivity contribution in [2.75, 3.05) is 11.9 Å². The summed E-state index contributed by atoms with van der Waals surface area (Å²) < 4.78 is 0. The van der Waals surface area contributed by atoms with Crippen LogP contribution in [0.25, 0.3) is 0 Å². The predicted octanol–water partition coefficient (Wildman–Crippen LogP) is 3.12. The molecule has 0 aliphatic carbocycles. The van der Waals surface area contributed by atoms with Gasteiger partial charge in [0.1, 0.15) is 5.69 Å². The molecule has 7 nitrogen and oxygen atoms in total. The van der Waals surface area contributed by atoms with Crippen molar-refractivity contribution in [3.63, 3.8) is 0 Å². The van der Waals surface area contributed by atoms with E-state index < -0.39 is 21.8 Å². The Bertz CT molecular complexity index is 872. The molecule has 0 aliphatic heterocycles. The summed E-state index contributed by atoms with van der Waals surface area (Å²) in [5.41, 5.74) is 0.238. The van der Waals surface area contributed by atoms with Gasteiger partial charge in [-0.3, -0.25) is 19.7 Å². The average Bonchev–Trinajstić information content (AvgIpc) is 2.59. The van der Waals surface area contributed by atoms with Gasteiger partial charge in [0.2, 0.25) is 0 Å². The Kier molecular flexibility index (Phi) is 4.92. The molecule has 0 atom stereocenters. The van der Waals surface area contributed by atoms with Crippen molar-refractivity contribution < 1.29 is 14.5 Å². The highest BCUT2D eigenvalue weighted by Gasteiger charge is 2.23. The number of nitriles is 1. The van der Waals surface area contributed by atoms with Gasteiger partial charge < -0.3 is 4.90 Å². The second kappa shape index (κ2) is 6.89. The van der Waals surface area contributed by atoms with E-state index in [1.54, 1.807) is 0 Å². The van der Waals surface area contributed by atoms with Gasteiger partial charge in [-0.25, -0.2) is 0 Å². The van der Waals surface area contributed by atoms with Gasteiger partial charge in [-0.2, -0.15) is 5.26 Å². The fourth-order valence-corrected chi connectivity index (χ4v) is 2.18. The molecule has 0 unspecified atom stereocenters. The maximum atomic E-state index is 12.5. The van der Waals surface area contributed by atoms with E-state index in [2.05, 4.69) is 0 Å². The van der Waals surface area contributed by atoms with Crippen molar-refractivity contribution >= 4 is 34.1 Å². The Balaban J connectivity index is 2.42. The van der Waals surface area contributed by atoms with Gasteiger partial charge in [-0.05, 0) is 48.0 Å². The summed E-state index contributed by atoms with van der Waals surface area (Å²) >= 11 is 5.33. The zero-order valence-electron chi connectivity index (χ0n) is 12.4. The molecule has 0 heterocycles. The SMILES string of the molecule is CN(C(=O)c1ccc(C#N)cc1)c1ccc(C(=O)Cl)cc1[N+](=O)[O-]. The maximum Gasteiger partial charge on any atom is 0.293 e. The molecule has 8 heteroatoms. The van der Waals surface area contributed by atoms with Crippen molar-refractivity contribution in [1.82, 2.24) is 0 Å². The normalized spacial score (nSPS) is 9.88. The van der Waals surface area contributed by atoms with E-state index in [1.165, 1.54) is 43.4 Å². The number of nitro groups is 1. The van der Waals surface area contributed by atoms with Gasteiger partial charge in [0, 0.05) is 24.2 Å². The van der Waals surface area contributed by atoms with Crippen molar-refractivity contribution in [1.29, 1.82) is 5.26 Å². The zero-order valence-corrected chi connectivity index (χ0v) is 13.1. The van der Waals surface area contributed by atoms with Gasteiger partial charge in [0.05, 0.1) is 16.6 Å². The number of hydrogen-bond donors (Lipinski definition) is 0. The molecule has 0 aliphatic rings. The summed E-state index contributed by atoms with van der Waals surface area (Å²) in [6.07, 6.45) is 0. The van der Waals surface area contributed by atoms with E-state index in [-0.39, 0.29) is 16.8 Å². The van der Waals surface area contributed by atoms with E-state index >= 15 is 0 Å². The Hall–Kier alpha value is -3.24. The summed E-state index contributed by atoms with van der Waals surface area (Å²) in [5.74, 6) is -0.493. The van der Waals surface area contributed by atoms with Gasteiger partial charge in [0.25, 0.3) is 16.8 Å². The molecule has 0 bridgehead atoms. The maximum absolute atomic E-state index is 12.5. The fourth-order valence-electron chi connectivity index (χ4n) is 2.07. The molecule has 1 amide bonds. The Morgan fingerprint density at radius 2 is 1.75 bits per heavy atom. The summed E-state index contributed by atoms with van der Waals surface area (Å²) in [6, 6.07) is 11.4. The zero-order chi connectivity index (χ0) is 17.9. The highest BCUT2D eigenvalue weighted by Crippen LogP contribution is 2.30. The van der Waals surface area contributed by atoms with Crippen LogP contribution in [-0.4, -0.2) is 23.1 Å². The number of amides is 1. The largest absolute Gasteiger partial charge is 0.305 e. The molecular weight excluding hydrogens is 334 g/mol. The van der Waals surface area contributed by atoms with Crippen molar-refractivity contribution in [2.24, 2.45) is 0 Å². The number of hydrogen-bond acceptors (Lipinski definition) is 5. The number of nitro benzene ring substituents is 1. The third-order valence-corrected chi connectivity index (χ3v) is 3.54. The molecular formula is C16H10ClN3O4. The van der Waals surface area contributed by atoms with E-state index in [0.29, 0.717) is 5.56 Å². The van der Waals surface area contributed by atoms with Crippen LogP contribution in [0.5, 0.6) is 0 Å². The van der Waals surface area contributed by atoms with Crippen molar-refractivity contribution in [2.45, 2.75) is 0 Å². The standard InChI is InChI=1S/C16H10ClN3O4/c1-19(16(22)11-4-2-10(9-18)3-5-11)13-7-6-12(15(17)21)8-14(13)20(23)24/h2-8H,1H3. The van der Waals surface area contributed by atoms with Gasteiger partial charge >= 0.3 is 0 Å². The number of rotatable bonds is 4. The number of nitrogens with zero attached hydrogens (tertiary/aromatic N) is 3. The minimum Gasteiger partial charge on any atom is -0.305 e. The number of halogens is 1. The summed E-state index contributed by atoms with van der Waals surface area (Å²) in [4.78, 5) is 35.2. The van der Waals surface area contributed by atoms with E-state index in [9.17, 15) is 19.7 Å². The summed E-state index contributed by atoms with van der Waals surface area (Å²) in [6.45, 7) is 0. The third-order valence-electron chi connectivity index (χ3n) is 3.33. The second-order valence-corrected chi connectivity index (χ2v) is 5.13. The molecule has 2 aromatic carbocycles. The van der Waals surface area contributed by atoms with Gasteiger partial charge in [-0.1, -0.05) is 0 Å².